The molecule has 1 amide bonds. The van der Waals surface area contributed by atoms with Crippen LogP contribution in [-0.4, -0.2) is 63.7 Å². The Balaban J connectivity index is 1.50. The van der Waals surface area contributed by atoms with Crippen LogP contribution in [0, 0.1) is 0 Å². The number of nitrogens with zero attached hydrogens (tertiary/aromatic N) is 5. The molecule has 1 saturated heterocycles. The molecular weight excluding hydrogens is 514 g/mol. The normalized spacial score (nSPS) is 15.1. The number of carbonyl (C=O) groups excluding carboxylic acids is 1. The average Bonchev–Trinajstić information content (AvgIpc) is 3.26. The van der Waals surface area contributed by atoms with Crippen LogP contribution < -0.4 is 0 Å². The molecule has 0 N–H and O–H groups in total. The van der Waals surface area contributed by atoms with E-state index in [4.69, 9.17) is 9.47 Å². The molecule has 0 aliphatic carbocycles. The van der Waals surface area contributed by atoms with E-state index in [1.807, 2.05) is 50.1 Å². The summed E-state index contributed by atoms with van der Waals surface area (Å²) in [4.78, 5) is 18.6. The highest BCUT2D eigenvalue weighted by atomic mass is 79.9. The number of halogens is 1. The first kappa shape index (κ1) is 24.9. The Hall–Kier alpha value is -2.17. The summed E-state index contributed by atoms with van der Waals surface area (Å²) in [7, 11) is -1.11. The summed E-state index contributed by atoms with van der Waals surface area (Å²) < 4.78 is 16.2. The van der Waals surface area contributed by atoms with Crippen molar-refractivity contribution in [1.29, 1.82) is 0 Å². The van der Waals surface area contributed by atoms with Gasteiger partial charge in [0, 0.05) is 56.7 Å². The van der Waals surface area contributed by atoms with Crippen molar-refractivity contribution >= 4 is 41.0 Å². The van der Waals surface area contributed by atoms with Crippen LogP contribution in [0.5, 0.6) is 0 Å². The zero-order chi connectivity index (χ0) is 24.7. The molecule has 184 valence electrons. The van der Waals surface area contributed by atoms with Gasteiger partial charge in [-0.3, -0.25) is 0 Å². The number of hydrogen-bond acceptors (Lipinski definition) is 5. The molecule has 0 bridgehead atoms. The van der Waals surface area contributed by atoms with Crippen LogP contribution in [0.2, 0.25) is 25.7 Å². The van der Waals surface area contributed by atoms with Crippen molar-refractivity contribution in [2.45, 2.75) is 64.8 Å². The van der Waals surface area contributed by atoms with Crippen LogP contribution in [0.1, 0.15) is 26.8 Å². The van der Waals surface area contributed by atoms with Crippen molar-refractivity contribution in [1.82, 2.24) is 24.2 Å². The third kappa shape index (κ3) is 5.90. The van der Waals surface area contributed by atoms with Gasteiger partial charge in [-0.2, -0.15) is 5.10 Å². The lowest BCUT2D eigenvalue weighted by Gasteiger charge is -2.40. The zero-order valence-corrected chi connectivity index (χ0v) is 23.4. The minimum atomic E-state index is -1.11. The second kappa shape index (κ2) is 9.47. The largest absolute Gasteiger partial charge is 0.444 e. The lowest BCUT2D eigenvalue weighted by Crippen LogP contribution is -2.52. The predicted molar refractivity (Wildman–Crippen MR) is 140 cm³/mol. The summed E-state index contributed by atoms with van der Waals surface area (Å²) in [6.45, 7) is 15.1. The molecule has 0 saturated carbocycles. The Bertz CT molecular complexity index is 1170. The molecule has 0 aromatic carbocycles. The zero-order valence-electron chi connectivity index (χ0n) is 20.8. The Kier molecular flexibility index (Phi) is 6.94. The van der Waals surface area contributed by atoms with Gasteiger partial charge in [0.1, 0.15) is 16.9 Å². The summed E-state index contributed by atoms with van der Waals surface area (Å²) in [5.74, 6) is 0. The topological polar surface area (TPSA) is 74.4 Å². The number of carbonyl (C=O) groups is 1. The third-order valence-electron chi connectivity index (χ3n) is 5.76. The molecule has 4 heterocycles. The van der Waals surface area contributed by atoms with E-state index in [2.05, 4.69) is 56.4 Å². The van der Waals surface area contributed by atoms with E-state index in [9.17, 15) is 4.79 Å². The maximum Gasteiger partial charge on any atom is 0.410 e. The summed E-state index contributed by atoms with van der Waals surface area (Å²) in [5.41, 5.74) is 2.65. The fourth-order valence-corrected chi connectivity index (χ4v) is 4.96. The number of likely N-dealkylation sites (tertiary alicyclic amines) is 1. The molecule has 0 atom stereocenters. The smallest absolute Gasteiger partial charge is 0.410 e. The van der Waals surface area contributed by atoms with Gasteiger partial charge in [-0.15, -0.1) is 0 Å². The monoisotopic (exact) mass is 547 g/mol. The van der Waals surface area contributed by atoms with Crippen molar-refractivity contribution in [3.63, 3.8) is 0 Å². The van der Waals surface area contributed by atoms with Crippen LogP contribution >= 0.6 is 15.9 Å². The van der Waals surface area contributed by atoms with E-state index in [0.29, 0.717) is 19.8 Å². The Labute approximate surface area is 210 Å². The number of fused-ring (bicyclic) bond motifs is 1. The molecule has 1 aliphatic heterocycles. The fourth-order valence-electron chi connectivity index (χ4n) is 3.87. The van der Waals surface area contributed by atoms with Gasteiger partial charge in [-0.25, -0.2) is 14.5 Å². The number of amides is 1. The third-order valence-corrected chi connectivity index (χ3v) is 7.90. The van der Waals surface area contributed by atoms with Crippen LogP contribution in [0.3, 0.4) is 0 Å². The molecule has 3 aromatic rings. The Morgan fingerprint density at radius 1 is 1.21 bits per heavy atom. The van der Waals surface area contributed by atoms with Gasteiger partial charge in [0.15, 0.2) is 0 Å². The molecule has 34 heavy (non-hydrogen) atoms. The van der Waals surface area contributed by atoms with Crippen LogP contribution in [0.4, 0.5) is 4.79 Å². The minimum Gasteiger partial charge on any atom is -0.444 e. The highest BCUT2D eigenvalue weighted by molar-refractivity contribution is 9.10. The van der Waals surface area contributed by atoms with Gasteiger partial charge in [0.25, 0.3) is 0 Å². The first-order valence-corrected chi connectivity index (χ1v) is 16.1. The van der Waals surface area contributed by atoms with E-state index >= 15 is 0 Å². The van der Waals surface area contributed by atoms with Gasteiger partial charge in [-0.05, 0) is 48.8 Å². The average molecular weight is 549 g/mol. The molecule has 0 unspecified atom stereocenters. The van der Waals surface area contributed by atoms with E-state index in [0.717, 1.165) is 39.3 Å². The van der Waals surface area contributed by atoms with E-state index < -0.39 is 13.7 Å². The van der Waals surface area contributed by atoms with Crippen molar-refractivity contribution in [2.24, 2.45) is 0 Å². The Morgan fingerprint density at radius 2 is 1.94 bits per heavy atom. The van der Waals surface area contributed by atoms with Crippen molar-refractivity contribution in [3.8, 4) is 11.1 Å². The molecule has 4 rings (SSSR count). The minimum absolute atomic E-state index is 0.173. The van der Waals surface area contributed by atoms with Gasteiger partial charge in [-0.1, -0.05) is 19.6 Å². The first-order chi connectivity index (χ1) is 15.9. The molecule has 1 fully saturated rings. The number of rotatable bonds is 7. The highest BCUT2D eigenvalue weighted by Crippen LogP contribution is 2.36. The van der Waals surface area contributed by atoms with Crippen LogP contribution in [-0.2, 0) is 16.2 Å². The van der Waals surface area contributed by atoms with Gasteiger partial charge >= 0.3 is 6.09 Å². The summed E-state index contributed by atoms with van der Waals surface area (Å²) in [6, 6.07) is 3.34. The van der Waals surface area contributed by atoms with Crippen LogP contribution in [0.15, 0.2) is 35.5 Å². The maximum atomic E-state index is 12.4. The number of hydrogen-bond donors (Lipinski definition) is 0. The van der Waals surface area contributed by atoms with Crippen molar-refractivity contribution in [2.75, 3.05) is 19.7 Å². The number of aromatic nitrogens is 4. The van der Waals surface area contributed by atoms with Crippen molar-refractivity contribution in [3.05, 3.63) is 35.5 Å². The quantitative estimate of drug-likeness (QED) is 0.213. The van der Waals surface area contributed by atoms with Gasteiger partial charge < -0.3 is 18.9 Å². The van der Waals surface area contributed by atoms with E-state index in [-0.39, 0.29) is 12.1 Å². The lowest BCUT2D eigenvalue weighted by molar-refractivity contribution is 0.00158. The van der Waals surface area contributed by atoms with E-state index in [1.54, 1.807) is 4.90 Å². The number of ether oxygens (including phenoxy) is 2. The molecule has 0 radical (unpaired) electrons. The Morgan fingerprint density at radius 3 is 2.62 bits per heavy atom. The molecule has 10 heteroatoms. The van der Waals surface area contributed by atoms with E-state index in [1.165, 1.54) is 0 Å². The molecule has 8 nitrogen and oxygen atoms in total. The lowest BCUT2D eigenvalue weighted by atomic mass is 10.1. The number of pyridine rings is 1. The SMILES string of the molecule is CC(C)(C)OC(=O)N1CC(n2cc(-c3cnn(COCC[Si](C)(C)C)c3)c3cc(Br)ncc32)C1. The second-order valence-corrected chi connectivity index (χ2v) is 17.6. The molecular formula is C24H34BrN5O3Si. The first-order valence-electron chi connectivity index (χ1n) is 11.6. The highest BCUT2D eigenvalue weighted by Gasteiger charge is 2.35. The summed E-state index contributed by atoms with van der Waals surface area (Å²) in [6.07, 6.45) is 7.65. The van der Waals surface area contributed by atoms with Gasteiger partial charge in [0.2, 0.25) is 0 Å². The summed E-state index contributed by atoms with van der Waals surface area (Å²) >= 11 is 3.51. The standard InChI is InChI=1S/C24H34BrN5O3Si/c1-24(2,3)33-23(31)28-13-18(14-28)30-15-20(19-9-22(25)26-11-21(19)30)17-10-27-29(12-17)16-32-7-8-34(4,5)6/h9-12,15,18H,7-8,13-14,16H2,1-6H3. The fraction of sp³-hybridized carbons (Fsp3) is 0.542. The van der Waals surface area contributed by atoms with Gasteiger partial charge in [0.05, 0.1) is 24.0 Å². The maximum absolute atomic E-state index is 12.4. The second-order valence-electron chi connectivity index (χ2n) is 11.1. The molecule has 0 spiro atoms. The van der Waals surface area contributed by atoms with Crippen LogP contribution in [0.25, 0.3) is 22.0 Å². The predicted octanol–water partition coefficient (Wildman–Crippen LogP) is 5.77. The molecule has 1 aliphatic rings. The van der Waals surface area contributed by atoms with Crippen molar-refractivity contribution < 1.29 is 14.3 Å². The summed E-state index contributed by atoms with van der Waals surface area (Å²) in [5, 5.41) is 5.60. The molecule has 3 aromatic heterocycles.